The van der Waals surface area contributed by atoms with Gasteiger partial charge < -0.3 is 10.2 Å². The molecule has 1 aliphatic carbocycles. The third kappa shape index (κ3) is 6.75. The molecule has 0 aliphatic heterocycles. The Balaban J connectivity index is 1.54. The highest BCUT2D eigenvalue weighted by molar-refractivity contribution is 7.09. The van der Waals surface area contributed by atoms with Crippen LogP contribution in [-0.4, -0.2) is 49.0 Å². The Morgan fingerprint density at radius 3 is 2.57 bits per heavy atom. The van der Waals surface area contributed by atoms with E-state index in [4.69, 9.17) is 0 Å². The van der Waals surface area contributed by atoms with E-state index in [1.165, 1.54) is 4.80 Å². The molecular weight excluding hydrogens is 460 g/mol. The summed E-state index contributed by atoms with van der Waals surface area (Å²) < 4.78 is 0. The number of rotatable bonds is 10. The lowest BCUT2D eigenvalue weighted by atomic mass is 10.0. The SMILES string of the molecule is Cc1ccc(-c2nnn(CC(=O)N(Cc3cccs3)[C@H](CC(C)C)C(=O)NC3CCCC3)n2)cc1. The highest BCUT2D eigenvalue weighted by Crippen LogP contribution is 2.22. The van der Waals surface area contributed by atoms with Gasteiger partial charge in [-0.05, 0) is 48.8 Å². The number of carbonyl (C=O) groups excluding carboxylic acids is 2. The summed E-state index contributed by atoms with van der Waals surface area (Å²) in [6.07, 6.45) is 4.88. The number of benzene rings is 1. The maximum absolute atomic E-state index is 13.6. The summed E-state index contributed by atoms with van der Waals surface area (Å²) in [5.74, 6) is 0.465. The fraction of sp³-hybridized carbons (Fsp3) is 0.500. The number of thiophene rings is 1. The van der Waals surface area contributed by atoms with Crippen LogP contribution in [0.3, 0.4) is 0 Å². The molecule has 0 radical (unpaired) electrons. The minimum Gasteiger partial charge on any atom is -0.352 e. The standard InChI is InChI=1S/C26H34N6O2S/c1-18(2)15-23(26(34)27-21-7-4-5-8-21)31(16-22-9-6-14-35-22)24(33)17-32-29-25(28-30-32)20-12-10-19(3)11-13-20/h6,9-14,18,21,23H,4-5,7-8,15-17H2,1-3H3,(H,27,34)/t23-/m1/s1. The molecule has 0 spiro atoms. The number of aromatic nitrogens is 4. The Labute approximate surface area is 210 Å². The van der Waals surface area contributed by atoms with Crippen molar-refractivity contribution in [2.24, 2.45) is 5.92 Å². The molecule has 1 fully saturated rings. The molecule has 1 saturated carbocycles. The number of carbonyl (C=O) groups is 2. The van der Waals surface area contributed by atoms with Crippen LogP contribution in [0.25, 0.3) is 11.4 Å². The van der Waals surface area contributed by atoms with Gasteiger partial charge in [0.2, 0.25) is 17.6 Å². The van der Waals surface area contributed by atoms with Crippen molar-refractivity contribution in [1.29, 1.82) is 0 Å². The second kappa shape index (κ2) is 11.6. The lowest BCUT2D eigenvalue weighted by Gasteiger charge is -2.32. The van der Waals surface area contributed by atoms with E-state index < -0.39 is 6.04 Å². The molecule has 3 aromatic rings. The molecular formula is C26H34N6O2S. The molecule has 0 unspecified atom stereocenters. The first kappa shape index (κ1) is 25.0. The lowest BCUT2D eigenvalue weighted by molar-refractivity contribution is -0.143. The number of hydrogen-bond donors (Lipinski definition) is 1. The van der Waals surface area contributed by atoms with Crippen LogP contribution < -0.4 is 5.32 Å². The van der Waals surface area contributed by atoms with Gasteiger partial charge in [0.15, 0.2) is 0 Å². The smallest absolute Gasteiger partial charge is 0.247 e. The predicted octanol–water partition coefficient (Wildman–Crippen LogP) is 4.21. The number of hydrogen-bond acceptors (Lipinski definition) is 6. The molecule has 1 aliphatic rings. The van der Waals surface area contributed by atoms with Crippen molar-refractivity contribution >= 4 is 23.2 Å². The summed E-state index contributed by atoms with van der Waals surface area (Å²) in [5.41, 5.74) is 1.99. The van der Waals surface area contributed by atoms with E-state index >= 15 is 0 Å². The van der Waals surface area contributed by atoms with Crippen molar-refractivity contribution in [3.05, 3.63) is 52.2 Å². The Morgan fingerprint density at radius 2 is 1.91 bits per heavy atom. The molecule has 1 atom stereocenters. The van der Waals surface area contributed by atoms with Crippen LogP contribution in [-0.2, 0) is 22.7 Å². The van der Waals surface area contributed by atoms with E-state index in [1.54, 1.807) is 16.2 Å². The number of tetrazole rings is 1. The number of nitrogens with zero attached hydrogens (tertiary/aromatic N) is 5. The summed E-state index contributed by atoms with van der Waals surface area (Å²) in [4.78, 5) is 31.1. The highest BCUT2D eigenvalue weighted by Gasteiger charge is 2.33. The van der Waals surface area contributed by atoms with Crippen molar-refractivity contribution in [1.82, 2.24) is 30.4 Å². The number of aryl methyl sites for hydroxylation is 1. The van der Waals surface area contributed by atoms with Gasteiger partial charge in [-0.3, -0.25) is 9.59 Å². The summed E-state index contributed by atoms with van der Waals surface area (Å²) >= 11 is 1.58. The summed E-state index contributed by atoms with van der Waals surface area (Å²) in [5, 5.41) is 17.9. The molecule has 0 bridgehead atoms. The van der Waals surface area contributed by atoms with Crippen molar-refractivity contribution in [3.63, 3.8) is 0 Å². The molecule has 8 nitrogen and oxygen atoms in total. The quantitative estimate of drug-likeness (QED) is 0.456. The fourth-order valence-corrected chi connectivity index (χ4v) is 5.18. The van der Waals surface area contributed by atoms with E-state index in [9.17, 15) is 9.59 Å². The van der Waals surface area contributed by atoms with Crippen LogP contribution in [0.15, 0.2) is 41.8 Å². The van der Waals surface area contributed by atoms with Crippen LogP contribution in [0, 0.1) is 12.8 Å². The van der Waals surface area contributed by atoms with E-state index in [0.717, 1.165) is 41.7 Å². The van der Waals surface area contributed by atoms with Gasteiger partial charge in [0, 0.05) is 16.5 Å². The summed E-state index contributed by atoms with van der Waals surface area (Å²) in [7, 11) is 0. The molecule has 186 valence electrons. The predicted molar refractivity (Wildman–Crippen MR) is 137 cm³/mol. The lowest BCUT2D eigenvalue weighted by Crippen LogP contribution is -2.52. The number of nitrogens with one attached hydrogen (secondary N) is 1. The molecule has 1 aromatic carbocycles. The Hall–Kier alpha value is -3.07. The van der Waals surface area contributed by atoms with Gasteiger partial charge in [-0.2, -0.15) is 4.80 Å². The molecule has 4 rings (SSSR count). The van der Waals surface area contributed by atoms with Crippen LogP contribution in [0.2, 0.25) is 0 Å². The second-order valence-corrected chi connectivity index (χ2v) is 10.8. The van der Waals surface area contributed by atoms with E-state index in [1.807, 2.05) is 48.7 Å². The van der Waals surface area contributed by atoms with Gasteiger partial charge in [0.25, 0.3) is 0 Å². The molecule has 9 heteroatoms. The monoisotopic (exact) mass is 494 g/mol. The van der Waals surface area contributed by atoms with Gasteiger partial charge in [-0.1, -0.05) is 62.6 Å². The number of amides is 2. The van der Waals surface area contributed by atoms with E-state index in [-0.39, 0.29) is 30.3 Å². The third-order valence-electron chi connectivity index (χ3n) is 6.34. The first-order chi connectivity index (χ1) is 16.9. The van der Waals surface area contributed by atoms with E-state index in [0.29, 0.717) is 18.8 Å². The molecule has 2 heterocycles. The zero-order valence-electron chi connectivity index (χ0n) is 20.7. The van der Waals surface area contributed by atoms with Crippen LogP contribution in [0.1, 0.15) is 56.4 Å². The molecule has 1 N–H and O–H groups in total. The topological polar surface area (TPSA) is 93.0 Å². The maximum Gasteiger partial charge on any atom is 0.247 e. The fourth-order valence-electron chi connectivity index (χ4n) is 4.47. The average Bonchev–Trinajstić information content (AvgIpc) is 3.60. The van der Waals surface area contributed by atoms with Gasteiger partial charge >= 0.3 is 0 Å². The molecule has 2 amide bonds. The highest BCUT2D eigenvalue weighted by atomic mass is 32.1. The van der Waals surface area contributed by atoms with Crippen molar-refractivity contribution in [2.45, 2.75) is 78.0 Å². The molecule has 0 saturated heterocycles. The van der Waals surface area contributed by atoms with Gasteiger partial charge in [-0.25, -0.2) is 0 Å². The van der Waals surface area contributed by atoms with E-state index in [2.05, 4.69) is 34.6 Å². The van der Waals surface area contributed by atoms with Crippen LogP contribution >= 0.6 is 11.3 Å². The zero-order valence-corrected chi connectivity index (χ0v) is 21.5. The normalized spacial score (nSPS) is 14.9. The van der Waals surface area contributed by atoms with Crippen LogP contribution in [0.4, 0.5) is 0 Å². The van der Waals surface area contributed by atoms with Gasteiger partial charge in [0.05, 0.1) is 6.54 Å². The first-order valence-corrected chi connectivity index (χ1v) is 13.2. The minimum atomic E-state index is -0.551. The zero-order chi connectivity index (χ0) is 24.8. The van der Waals surface area contributed by atoms with Crippen molar-refractivity contribution < 1.29 is 9.59 Å². The third-order valence-corrected chi connectivity index (χ3v) is 7.20. The molecule has 35 heavy (non-hydrogen) atoms. The Morgan fingerprint density at radius 1 is 1.17 bits per heavy atom. The Kier molecular flexibility index (Phi) is 8.28. The maximum atomic E-state index is 13.6. The molecule has 2 aromatic heterocycles. The van der Waals surface area contributed by atoms with Crippen molar-refractivity contribution in [2.75, 3.05) is 0 Å². The summed E-state index contributed by atoms with van der Waals surface area (Å²) in [6.45, 7) is 6.49. The second-order valence-electron chi connectivity index (χ2n) is 9.75. The minimum absolute atomic E-state index is 0.0672. The Bertz CT molecular complexity index is 1100. The average molecular weight is 495 g/mol. The van der Waals surface area contributed by atoms with Crippen molar-refractivity contribution in [3.8, 4) is 11.4 Å². The largest absolute Gasteiger partial charge is 0.352 e. The van der Waals surface area contributed by atoms with Gasteiger partial charge in [-0.15, -0.1) is 21.5 Å². The summed E-state index contributed by atoms with van der Waals surface area (Å²) in [6, 6.07) is 11.5. The van der Waals surface area contributed by atoms with Gasteiger partial charge in [0.1, 0.15) is 12.6 Å². The first-order valence-electron chi connectivity index (χ1n) is 12.4. The van der Waals surface area contributed by atoms with Crippen LogP contribution in [0.5, 0.6) is 0 Å².